The quantitative estimate of drug-likeness (QED) is 0.818. The van der Waals surface area contributed by atoms with Crippen LogP contribution in [0.1, 0.15) is 31.4 Å². The van der Waals surface area contributed by atoms with Gasteiger partial charge in [0.15, 0.2) is 0 Å². The van der Waals surface area contributed by atoms with E-state index in [1.165, 1.54) is 0 Å². The number of benzene rings is 2. The molecule has 0 fully saturated rings. The molecular formula is C20H23ClN2O2. The van der Waals surface area contributed by atoms with Crippen LogP contribution in [-0.2, 0) is 22.7 Å². The smallest absolute Gasteiger partial charge is 0.242 e. The third kappa shape index (κ3) is 5.33. The molecule has 0 bridgehead atoms. The van der Waals surface area contributed by atoms with E-state index in [2.05, 4.69) is 5.32 Å². The fourth-order valence-electron chi connectivity index (χ4n) is 2.54. The van der Waals surface area contributed by atoms with Gasteiger partial charge in [0, 0.05) is 24.5 Å². The van der Waals surface area contributed by atoms with Gasteiger partial charge in [0.25, 0.3) is 0 Å². The minimum atomic E-state index is -0.560. The normalized spacial score (nSPS) is 11.6. The van der Waals surface area contributed by atoms with Gasteiger partial charge in [0.05, 0.1) is 0 Å². The fourth-order valence-corrected chi connectivity index (χ4v) is 2.74. The second-order valence-electron chi connectivity index (χ2n) is 5.85. The van der Waals surface area contributed by atoms with Crippen LogP contribution in [0.3, 0.4) is 0 Å². The largest absolute Gasteiger partial charge is 0.350 e. The summed E-state index contributed by atoms with van der Waals surface area (Å²) < 4.78 is 0. The lowest BCUT2D eigenvalue weighted by Gasteiger charge is -2.28. The minimum Gasteiger partial charge on any atom is -0.350 e. The molecule has 1 N–H and O–H groups in total. The Labute approximate surface area is 153 Å². The summed E-state index contributed by atoms with van der Waals surface area (Å²) in [5.74, 6) is -0.248. The molecule has 0 radical (unpaired) electrons. The molecule has 0 aliphatic rings. The van der Waals surface area contributed by atoms with Crippen LogP contribution in [0.25, 0.3) is 0 Å². The number of hydrogen-bond donors (Lipinski definition) is 1. The zero-order valence-corrected chi connectivity index (χ0v) is 15.3. The Kier molecular flexibility index (Phi) is 7.02. The second kappa shape index (κ2) is 9.23. The van der Waals surface area contributed by atoms with Crippen molar-refractivity contribution in [2.24, 2.45) is 0 Å². The highest BCUT2D eigenvalue weighted by molar-refractivity contribution is 6.31. The van der Waals surface area contributed by atoms with Gasteiger partial charge < -0.3 is 10.2 Å². The van der Waals surface area contributed by atoms with E-state index in [-0.39, 0.29) is 11.8 Å². The zero-order chi connectivity index (χ0) is 18.2. The van der Waals surface area contributed by atoms with E-state index >= 15 is 0 Å². The first-order chi connectivity index (χ1) is 12.0. The van der Waals surface area contributed by atoms with Gasteiger partial charge in [-0.1, -0.05) is 67.1 Å². The Morgan fingerprint density at radius 1 is 1.08 bits per heavy atom. The summed E-state index contributed by atoms with van der Waals surface area (Å²) in [5, 5.41) is 3.48. The number of amides is 2. The average Bonchev–Trinajstić information content (AvgIpc) is 2.65. The van der Waals surface area contributed by atoms with Crippen molar-refractivity contribution in [2.75, 3.05) is 0 Å². The molecular weight excluding hydrogens is 336 g/mol. The van der Waals surface area contributed by atoms with Crippen molar-refractivity contribution in [1.29, 1.82) is 0 Å². The maximum Gasteiger partial charge on any atom is 0.242 e. The predicted molar refractivity (Wildman–Crippen MR) is 100 cm³/mol. The second-order valence-corrected chi connectivity index (χ2v) is 6.25. The molecule has 0 aromatic heterocycles. The van der Waals surface area contributed by atoms with Crippen LogP contribution in [0.2, 0.25) is 5.02 Å². The van der Waals surface area contributed by atoms with Crippen LogP contribution in [0.5, 0.6) is 0 Å². The third-order valence-corrected chi connectivity index (χ3v) is 4.45. The van der Waals surface area contributed by atoms with Gasteiger partial charge >= 0.3 is 0 Å². The average molecular weight is 359 g/mol. The van der Waals surface area contributed by atoms with E-state index in [1.54, 1.807) is 24.8 Å². The predicted octanol–water partition coefficient (Wildman–Crippen LogP) is 3.78. The molecule has 0 aliphatic carbocycles. The zero-order valence-electron chi connectivity index (χ0n) is 14.5. The topological polar surface area (TPSA) is 49.4 Å². The first-order valence-corrected chi connectivity index (χ1v) is 8.75. The van der Waals surface area contributed by atoms with Crippen LogP contribution in [0.15, 0.2) is 54.6 Å². The first kappa shape index (κ1) is 19.0. The summed E-state index contributed by atoms with van der Waals surface area (Å²) in [4.78, 5) is 26.5. The molecule has 0 unspecified atom stereocenters. The Bertz CT molecular complexity index is 719. The van der Waals surface area contributed by atoms with Crippen molar-refractivity contribution < 1.29 is 9.59 Å². The Morgan fingerprint density at radius 3 is 2.36 bits per heavy atom. The molecule has 2 amide bonds. The molecule has 1 atom stereocenters. The van der Waals surface area contributed by atoms with Crippen LogP contribution >= 0.6 is 11.6 Å². The molecule has 132 valence electrons. The molecule has 4 nitrogen and oxygen atoms in total. The molecule has 2 aromatic rings. The monoisotopic (exact) mass is 358 g/mol. The number of carbonyl (C=O) groups is 2. The standard InChI is InChI=1S/C20H23ClN2O2/c1-3-19(24)23(14-16-9-5-4-6-10-16)15(2)20(25)22-13-17-11-7-8-12-18(17)21/h4-12,15H,3,13-14H2,1-2H3,(H,22,25)/t15-/m1/s1. The molecule has 0 heterocycles. The molecule has 25 heavy (non-hydrogen) atoms. The van der Waals surface area contributed by atoms with Crippen LogP contribution < -0.4 is 5.32 Å². The van der Waals surface area contributed by atoms with Crippen molar-refractivity contribution in [2.45, 2.75) is 39.4 Å². The molecule has 2 aromatic carbocycles. The Hall–Kier alpha value is -2.33. The van der Waals surface area contributed by atoms with Crippen LogP contribution in [0, 0.1) is 0 Å². The van der Waals surface area contributed by atoms with Gasteiger partial charge in [-0.15, -0.1) is 0 Å². The van der Waals surface area contributed by atoms with E-state index in [1.807, 2.05) is 48.5 Å². The fraction of sp³-hybridized carbons (Fsp3) is 0.300. The summed E-state index contributed by atoms with van der Waals surface area (Å²) in [6.45, 7) is 4.30. The van der Waals surface area contributed by atoms with Gasteiger partial charge in [-0.2, -0.15) is 0 Å². The van der Waals surface area contributed by atoms with Crippen molar-refractivity contribution in [3.63, 3.8) is 0 Å². The lowest BCUT2D eigenvalue weighted by Crippen LogP contribution is -2.47. The molecule has 0 saturated carbocycles. The maximum absolute atomic E-state index is 12.5. The summed E-state index contributed by atoms with van der Waals surface area (Å²) in [6.07, 6.45) is 0.356. The number of nitrogens with zero attached hydrogens (tertiary/aromatic N) is 1. The molecule has 0 spiro atoms. The van der Waals surface area contributed by atoms with E-state index < -0.39 is 6.04 Å². The van der Waals surface area contributed by atoms with Gasteiger partial charge in [-0.25, -0.2) is 0 Å². The van der Waals surface area contributed by atoms with Crippen molar-refractivity contribution >= 4 is 23.4 Å². The lowest BCUT2D eigenvalue weighted by atomic mass is 10.1. The van der Waals surface area contributed by atoms with Gasteiger partial charge in [0.1, 0.15) is 6.04 Å². The highest BCUT2D eigenvalue weighted by atomic mass is 35.5. The minimum absolute atomic E-state index is 0.0516. The first-order valence-electron chi connectivity index (χ1n) is 8.37. The summed E-state index contributed by atoms with van der Waals surface area (Å²) >= 11 is 6.11. The van der Waals surface area contributed by atoms with Gasteiger partial charge in [0.2, 0.25) is 11.8 Å². The molecule has 0 aliphatic heterocycles. The Balaban J connectivity index is 2.04. The van der Waals surface area contributed by atoms with Crippen LogP contribution in [0.4, 0.5) is 0 Å². The summed E-state index contributed by atoms with van der Waals surface area (Å²) in [6, 6.07) is 16.5. The van der Waals surface area contributed by atoms with Crippen molar-refractivity contribution in [3.05, 3.63) is 70.7 Å². The maximum atomic E-state index is 12.5. The third-order valence-electron chi connectivity index (χ3n) is 4.08. The van der Waals surface area contributed by atoms with E-state index in [0.717, 1.165) is 11.1 Å². The number of hydrogen-bond acceptors (Lipinski definition) is 2. The summed E-state index contributed by atoms with van der Waals surface area (Å²) in [5.41, 5.74) is 1.84. The van der Waals surface area contributed by atoms with Crippen LogP contribution in [-0.4, -0.2) is 22.8 Å². The van der Waals surface area contributed by atoms with Gasteiger partial charge in [-0.3, -0.25) is 9.59 Å². The number of rotatable bonds is 7. The van der Waals surface area contributed by atoms with E-state index in [0.29, 0.717) is 24.5 Å². The SMILES string of the molecule is CCC(=O)N(Cc1ccccc1)[C@H](C)C(=O)NCc1ccccc1Cl. The van der Waals surface area contributed by atoms with Crippen molar-refractivity contribution in [3.8, 4) is 0 Å². The highest BCUT2D eigenvalue weighted by Gasteiger charge is 2.24. The molecule has 0 saturated heterocycles. The summed E-state index contributed by atoms with van der Waals surface area (Å²) in [7, 11) is 0. The number of carbonyl (C=O) groups excluding carboxylic acids is 2. The van der Waals surface area contributed by atoms with Gasteiger partial charge in [-0.05, 0) is 24.1 Å². The lowest BCUT2D eigenvalue weighted by molar-refractivity contribution is -0.140. The molecule has 5 heteroatoms. The Morgan fingerprint density at radius 2 is 1.72 bits per heavy atom. The molecule has 2 rings (SSSR count). The van der Waals surface area contributed by atoms with E-state index in [4.69, 9.17) is 11.6 Å². The number of nitrogens with one attached hydrogen (secondary N) is 1. The highest BCUT2D eigenvalue weighted by Crippen LogP contribution is 2.15. The van der Waals surface area contributed by atoms with Crippen molar-refractivity contribution in [1.82, 2.24) is 10.2 Å². The number of halogens is 1. The van der Waals surface area contributed by atoms with E-state index in [9.17, 15) is 9.59 Å².